The van der Waals surface area contributed by atoms with E-state index in [0.717, 1.165) is 17.0 Å². The minimum atomic E-state index is 0.0497. The molecule has 0 radical (unpaired) electrons. The van der Waals surface area contributed by atoms with Gasteiger partial charge < -0.3 is 0 Å². The molecule has 3 heterocycles. The van der Waals surface area contributed by atoms with Gasteiger partial charge in [-0.25, -0.2) is 5.43 Å². The van der Waals surface area contributed by atoms with Crippen molar-refractivity contribution in [3.63, 3.8) is 0 Å². The quantitative estimate of drug-likeness (QED) is 0.674. The molecular formula is C14H17N3S2. The van der Waals surface area contributed by atoms with Gasteiger partial charge in [-0.1, -0.05) is 6.07 Å². The van der Waals surface area contributed by atoms with E-state index in [4.69, 9.17) is 5.84 Å². The van der Waals surface area contributed by atoms with Crippen LogP contribution in [0.2, 0.25) is 0 Å². The summed E-state index contributed by atoms with van der Waals surface area (Å²) in [5, 5.41) is 0. The zero-order chi connectivity index (χ0) is 13.2. The monoisotopic (exact) mass is 291 g/mol. The van der Waals surface area contributed by atoms with Gasteiger partial charge in [0.2, 0.25) is 0 Å². The summed E-state index contributed by atoms with van der Waals surface area (Å²) in [6, 6.07) is 6.48. The van der Waals surface area contributed by atoms with Crippen LogP contribution in [-0.4, -0.2) is 10.7 Å². The number of aromatic nitrogens is 1. The van der Waals surface area contributed by atoms with Crippen molar-refractivity contribution in [1.82, 2.24) is 10.4 Å². The molecular weight excluding hydrogens is 274 g/mol. The molecule has 1 atom stereocenters. The van der Waals surface area contributed by atoms with Gasteiger partial charge in [0.15, 0.2) is 0 Å². The van der Waals surface area contributed by atoms with Gasteiger partial charge in [0.1, 0.15) is 0 Å². The van der Waals surface area contributed by atoms with Gasteiger partial charge in [0, 0.05) is 27.4 Å². The first-order chi connectivity index (χ1) is 9.28. The molecule has 0 spiro atoms. The zero-order valence-corrected chi connectivity index (χ0v) is 12.5. The third-order valence-electron chi connectivity index (χ3n) is 3.37. The highest BCUT2D eigenvalue weighted by Gasteiger charge is 2.20. The van der Waals surface area contributed by atoms with Crippen molar-refractivity contribution in [2.75, 3.05) is 5.75 Å². The van der Waals surface area contributed by atoms with Crippen LogP contribution in [-0.2, 0) is 12.2 Å². The van der Waals surface area contributed by atoms with Crippen molar-refractivity contribution < 1.29 is 0 Å². The van der Waals surface area contributed by atoms with E-state index in [9.17, 15) is 0 Å². The van der Waals surface area contributed by atoms with Crippen molar-refractivity contribution in [1.29, 1.82) is 0 Å². The fraction of sp³-hybridized carbons (Fsp3) is 0.357. The van der Waals surface area contributed by atoms with Crippen LogP contribution in [0.1, 0.15) is 32.6 Å². The van der Waals surface area contributed by atoms with Gasteiger partial charge >= 0.3 is 0 Å². The van der Waals surface area contributed by atoms with Crippen LogP contribution >= 0.6 is 23.1 Å². The van der Waals surface area contributed by atoms with Crippen LogP contribution in [0.25, 0.3) is 0 Å². The van der Waals surface area contributed by atoms with Crippen LogP contribution in [0.5, 0.6) is 0 Å². The van der Waals surface area contributed by atoms with Crippen LogP contribution in [0.4, 0.5) is 0 Å². The molecule has 5 heteroatoms. The highest BCUT2D eigenvalue weighted by Crippen LogP contribution is 2.36. The number of hydrazine groups is 1. The number of thiophene rings is 1. The first kappa shape index (κ1) is 13.1. The lowest BCUT2D eigenvalue weighted by molar-refractivity contribution is 0.643. The normalized spacial score (nSPS) is 16.1. The Bertz CT molecular complexity index is 539. The molecule has 0 saturated carbocycles. The second kappa shape index (κ2) is 5.63. The second-order valence-electron chi connectivity index (χ2n) is 4.73. The maximum Gasteiger partial charge on any atom is 0.0817 e. The highest BCUT2D eigenvalue weighted by molar-refractivity contribution is 7.98. The summed E-state index contributed by atoms with van der Waals surface area (Å²) in [5.41, 5.74) is 6.56. The summed E-state index contributed by atoms with van der Waals surface area (Å²) in [6.07, 6.45) is 3.10. The van der Waals surface area contributed by atoms with Gasteiger partial charge in [0.25, 0.3) is 0 Å². The first-order valence-corrected chi connectivity index (χ1v) is 8.33. The van der Waals surface area contributed by atoms with Gasteiger partial charge in [-0.15, -0.1) is 11.3 Å². The Morgan fingerprint density at radius 2 is 2.32 bits per heavy atom. The van der Waals surface area contributed by atoms with Gasteiger partial charge in [-0.3, -0.25) is 10.8 Å². The van der Waals surface area contributed by atoms with Crippen LogP contribution in [0, 0.1) is 6.92 Å². The fourth-order valence-electron chi connectivity index (χ4n) is 2.31. The Morgan fingerprint density at radius 3 is 3.00 bits per heavy atom. The number of nitrogens with two attached hydrogens (primary N) is 1. The van der Waals surface area contributed by atoms with E-state index in [1.807, 2.05) is 42.3 Å². The lowest BCUT2D eigenvalue weighted by Crippen LogP contribution is -2.28. The molecule has 1 aliphatic heterocycles. The Balaban J connectivity index is 1.93. The third kappa shape index (κ3) is 2.69. The standard InChI is InChI=1S/C14H17N3S2/c1-9-2-3-10(7-16-9)14(17-15)13-6-11-8-18-5-4-12(11)19-13/h2-3,6-7,14,17H,4-5,8,15H2,1H3. The predicted molar refractivity (Wildman–Crippen MR) is 82.3 cm³/mol. The van der Waals surface area contributed by atoms with E-state index >= 15 is 0 Å². The van der Waals surface area contributed by atoms with E-state index in [-0.39, 0.29) is 6.04 Å². The Kier molecular flexibility index (Phi) is 3.88. The molecule has 0 bridgehead atoms. The average molecular weight is 291 g/mol. The molecule has 1 aliphatic rings. The van der Waals surface area contributed by atoms with Crippen molar-refractivity contribution in [2.24, 2.45) is 5.84 Å². The smallest absolute Gasteiger partial charge is 0.0817 e. The third-order valence-corrected chi connectivity index (χ3v) is 5.68. The zero-order valence-electron chi connectivity index (χ0n) is 10.8. The van der Waals surface area contributed by atoms with Gasteiger partial charge in [-0.2, -0.15) is 11.8 Å². The number of rotatable bonds is 3. The van der Waals surface area contributed by atoms with Crippen molar-refractivity contribution in [3.8, 4) is 0 Å². The molecule has 0 saturated heterocycles. The minimum absolute atomic E-state index is 0.0497. The molecule has 0 aromatic carbocycles. The molecule has 100 valence electrons. The second-order valence-corrected chi connectivity index (χ2v) is 7.01. The predicted octanol–water partition coefficient (Wildman–Crippen LogP) is 2.79. The fourth-order valence-corrected chi connectivity index (χ4v) is 4.77. The molecule has 19 heavy (non-hydrogen) atoms. The van der Waals surface area contributed by atoms with E-state index < -0.39 is 0 Å². The first-order valence-electron chi connectivity index (χ1n) is 6.36. The molecule has 2 aromatic rings. The number of nitrogens with zero attached hydrogens (tertiary/aromatic N) is 1. The Hall–Kier alpha value is -0.880. The summed E-state index contributed by atoms with van der Waals surface area (Å²) in [6.45, 7) is 2.00. The maximum absolute atomic E-state index is 5.76. The maximum atomic E-state index is 5.76. The molecule has 3 N–H and O–H groups in total. The van der Waals surface area contributed by atoms with E-state index in [2.05, 4.69) is 22.5 Å². The molecule has 0 fully saturated rings. The molecule has 3 nitrogen and oxygen atoms in total. The van der Waals surface area contributed by atoms with Crippen molar-refractivity contribution in [3.05, 3.63) is 51.0 Å². The molecule has 3 rings (SSSR count). The number of hydrogen-bond acceptors (Lipinski definition) is 5. The van der Waals surface area contributed by atoms with E-state index in [1.54, 1.807) is 0 Å². The molecule has 0 amide bonds. The van der Waals surface area contributed by atoms with Crippen molar-refractivity contribution in [2.45, 2.75) is 25.1 Å². The molecule has 1 unspecified atom stereocenters. The number of pyridine rings is 1. The number of nitrogens with one attached hydrogen (secondary N) is 1. The Labute approximate surface area is 121 Å². The summed E-state index contributed by atoms with van der Waals surface area (Å²) in [5.74, 6) is 8.13. The van der Waals surface area contributed by atoms with Crippen molar-refractivity contribution >= 4 is 23.1 Å². The van der Waals surface area contributed by atoms with Gasteiger partial charge in [0.05, 0.1) is 6.04 Å². The summed E-state index contributed by atoms with van der Waals surface area (Å²) in [4.78, 5) is 7.17. The minimum Gasteiger partial charge on any atom is -0.271 e. The number of fused-ring (bicyclic) bond motifs is 1. The highest BCUT2D eigenvalue weighted by atomic mass is 32.2. The lowest BCUT2D eigenvalue weighted by Gasteiger charge is -2.14. The topological polar surface area (TPSA) is 50.9 Å². The summed E-state index contributed by atoms with van der Waals surface area (Å²) >= 11 is 3.89. The van der Waals surface area contributed by atoms with Crippen LogP contribution < -0.4 is 11.3 Å². The number of thioether (sulfide) groups is 1. The molecule has 2 aromatic heterocycles. The largest absolute Gasteiger partial charge is 0.271 e. The van der Waals surface area contributed by atoms with E-state index in [1.165, 1.54) is 27.5 Å². The van der Waals surface area contributed by atoms with Crippen LogP contribution in [0.15, 0.2) is 24.4 Å². The summed E-state index contributed by atoms with van der Waals surface area (Å²) in [7, 11) is 0. The average Bonchev–Trinajstić information content (AvgIpc) is 2.85. The lowest BCUT2D eigenvalue weighted by atomic mass is 10.1. The number of aryl methyl sites for hydroxylation is 2. The summed E-state index contributed by atoms with van der Waals surface area (Å²) < 4.78 is 0. The van der Waals surface area contributed by atoms with E-state index in [0.29, 0.717) is 0 Å². The molecule has 0 aliphatic carbocycles. The Morgan fingerprint density at radius 1 is 1.42 bits per heavy atom. The van der Waals surface area contributed by atoms with Crippen LogP contribution in [0.3, 0.4) is 0 Å². The van der Waals surface area contributed by atoms with Gasteiger partial charge in [-0.05, 0) is 42.4 Å². The SMILES string of the molecule is Cc1ccc(C(NN)c2cc3c(s2)CCSC3)cn1. The number of hydrogen-bond donors (Lipinski definition) is 2.